The van der Waals surface area contributed by atoms with Crippen LogP contribution in [0.5, 0.6) is 17.2 Å². The zero-order valence-corrected chi connectivity index (χ0v) is 16.2. The third-order valence-electron chi connectivity index (χ3n) is 5.13. The maximum atomic E-state index is 12.9. The van der Waals surface area contributed by atoms with Gasteiger partial charge < -0.3 is 19.1 Å². The van der Waals surface area contributed by atoms with Crippen LogP contribution in [0, 0.1) is 0 Å². The molecule has 0 saturated carbocycles. The van der Waals surface area contributed by atoms with Crippen molar-refractivity contribution in [3.63, 3.8) is 0 Å². The van der Waals surface area contributed by atoms with Gasteiger partial charge in [0, 0.05) is 18.5 Å². The molecule has 1 aliphatic heterocycles. The van der Waals surface area contributed by atoms with E-state index in [-0.39, 0.29) is 11.9 Å². The molecule has 144 valence electrons. The molecule has 3 rings (SSSR count). The topological polar surface area (TPSA) is 48.0 Å². The molecule has 0 aromatic heterocycles. The van der Waals surface area contributed by atoms with Crippen LogP contribution in [0.3, 0.4) is 0 Å². The minimum absolute atomic E-state index is 0.0351. The molecule has 2 aromatic rings. The van der Waals surface area contributed by atoms with E-state index in [4.69, 9.17) is 14.2 Å². The summed E-state index contributed by atoms with van der Waals surface area (Å²) in [7, 11) is 4.97. The molecule has 0 N–H and O–H groups in total. The van der Waals surface area contributed by atoms with E-state index >= 15 is 0 Å². The Balaban J connectivity index is 1.73. The van der Waals surface area contributed by atoms with E-state index in [9.17, 15) is 4.79 Å². The van der Waals surface area contributed by atoms with Gasteiger partial charge in [0.05, 0.1) is 27.4 Å². The zero-order chi connectivity index (χ0) is 19.2. The van der Waals surface area contributed by atoms with Crippen LogP contribution in [0.4, 0.5) is 0 Å². The number of hydrogen-bond acceptors (Lipinski definition) is 4. The minimum Gasteiger partial charge on any atom is -0.497 e. The van der Waals surface area contributed by atoms with Crippen molar-refractivity contribution >= 4 is 5.91 Å². The highest BCUT2D eigenvalue weighted by Crippen LogP contribution is 2.39. The number of methoxy groups -OCH3 is 3. The molecular weight excluding hydrogens is 342 g/mol. The van der Waals surface area contributed by atoms with Gasteiger partial charge in [-0.1, -0.05) is 12.1 Å². The molecule has 27 heavy (non-hydrogen) atoms. The van der Waals surface area contributed by atoms with E-state index < -0.39 is 0 Å². The average molecular weight is 369 g/mol. The number of hydrogen-bond donors (Lipinski definition) is 0. The molecule has 2 aromatic carbocycles. The van der Waals surface area contributed by atoms with Crippen LogP contribution in [0.1, 0.15) is 36.4 Å². The molecule has 0 bridgehead atoms. The van der Waals surface area contributed by atoms with Gasteiger partial charge in [-0.2, -0.15) is 0 Å². The largest absolute Gasteiger partial charge is 0.497 e. The molecular formula is C22H27NO4. The van der Waals surface area contributed by atoms with Crippen molar-refractivity contribution < 1.29 is 19.0 Å². The Bertz CT molecular complexity index is 790. The van der Waals surface area contributed by atoms with Crippen LogP contribution in [0.2, 0.25) is 0 Å². The molecule has 1 amide bonds. The van der Waals surface area contributed by atoms with E-state index in [0.29, 0.717) is 12.8 Å². The fourth-order valence-electron chi connectivity index (χ4n) is 3.71. The number of benzene rings is 2. The van der Waals surface area contributed by atoms with Crippen molar-refractivity contribution in [3.8, 4) is 17.2 Å². The third kappa shape index (κ3) is 4.35. The summed E-state index contributed by atoms with van der Waals surface area (Å²) in [5.41, 5.74) is 2.13. The van der Waals surface area contributed by atoms with Gasteiger partial charge in [-0.15, -0.1) is 0 Å². The molecule has 1 atom stereocenters. The van der Waals surface area contributed by atoms with Crippen LogP contribution in [0.15, 0.2) is 42.5 Å². The molecule has 1 saturated heterocycles. The normalized spacial score (nSPS) is 16.3. The lowest BCUT2D eigenvalue weighted by Gasteiger charge is -2.27. The first-order valence-electron chi connectivity index (χ1n) is 9.30. The summed E-state index contributed by atoms with van der Waals surface area (Å²) in [6.07, 6.45) is 3.12. The first kappa shape index (κ1) is 19.1. The van der Waals surface area contributed by atoms with Crippen LogP contribution in [-0.4, -0.2) is 38.7 Å². The van der Waals surface area contributed by atoms with Crippen molar-refractivity contribution in [3.05, 3.63) is 53.6 Å². The summed E-state index contributed by atoms with van der Waals surface area (Å²) in [5.74, 6) is 2.57. The van der Waals surface area contributed by atoms with Gasteiger partial charge in [0.15, 0.2) is 0 Å². The van der Waals surface area contributed by atoms with Crippen LogP contribution in [0.25, 0.3) is 0 Å². The lowest BCUT2D eigenvalue weighted by atomic mass is 10.0. The molecule has 1 unspecified atom stereocenters. The first-order chi connectivity index (χ1) is 13.2. The monoisotopic (exact) mass is 369 g/mol. The van der Waals surface area contributed by atoms with E-state index in [1.807, 2.05) is 47.4 Å². The number of ether oxygens (including phenoxy) is 3. The summed E-state index contributed by atoms with van der Waals surface area (Å²) in [6.45, 7) is 0.780. The van der Waals surface area contributed by atoms with Crippen LogP contribution in [-0.2, 0) is 11.2 Å². The number of likely N-dealkylation sites (tertiary alicyclic amines) is 1. The second-order valence-corrected chi connectivity index (χ2v) is 6.70. The Hall–Kier alpha value is -2.69. The quantitative estimate of drug-likeness (QED) is 0.740. The Kier molecular flexibility index (Phi) is 6.22. The number of carbonyl (C=O) groups excluding carboxylic acids is 1. The first-order valence-corrected chi connectivity index (χ1v) is 9.30. The van der Waals surface area contributed by atoms with E-state index in [0.717, 1.165) is 47.8 Å². The van der Waals surface area contributed by atoms with Crippen molar-refractivity contribution in [2.75, 3.05) is 27.9 Å². The number of amides is 1. The highest BCUT2D eigenvalue weighted by molar-refractivity contribution is 5.77. The van der Waals surface area contributed by atoms with Gasteiger partial charge in [0.2, 0.25) is 5.91 Å². The van der Waals surface area contributed by atoms with E-state index in [2.05, 4.69) is 0 Å². The summed E-state index contributed by atoms with van der Waals surface area (Å²) in [4.78, 5) is 14.9. The van der Waals surface area contributed by atoms with Gasteiger partial charge in [-0.25, -0.2) is 0 Å². The maximum absolute atomic E-state index is 12.9. The van der Waals surface area contributed by atoms with Crippen LogP contribution >= 0.6 is 0 Å². The molecule has 5 nitrogen and oxygen atoms in total. The molecule has 1 aliphatic rings. The summed E-state index contributed by atoms with van der Waals surface area (Å²) in [6, 6.07) is 13.7. The lowest BCUT2D eigenvalue weighted by molar-refractivity contribution is -0.132. The number of nitrogens with zero attached hydrogens (tertiary/aromatic N) is 1. The van der Waals surface area contributed by atoms with Crippen molar-refractivity contribution in [1.29, 1.82) is 0 Å². The second-order valence-electron chi connectivity index (χ2n) is 6.70. The fraction of sp³-hybridized carbons (Fsp3) is 0.409. The van der Waals surface area contributed by atoms with E-state index in [1.165, 1.54) is 0 Å². The smallest absolute Gasteiger partial charge is 0.223 e. The minimum atomic E-state index is 0.0351. The summed E-state index contributed by atoms with van der Waals surface area (Å²) in [5, 5.41) is 0. The predicted molar refractivity (Wildman–Crippen MR) is 105 cm³/mol. The number of aryl methyl sites for hydroxylation is 1. The second kappa shape index (κ2) is 8.80. The van der Waals surface area contributed by atoms with Crippen molar-refractivity contribution in [2.45, 2.75) is 31.7 Å². The average Bonchev–Trinajstić information content (AvgIpc) is 3.21. The summed E-state index contributed by atoms with van der Waals surface area (Å²) >= 11 is 0. The van der Waals surface area contributed by atoms with Crippen molar-refractivity contribution in [1.82, 2.24) is 4.90 Å². The third-order valence-corrected chi connectivity index (χ3v) is 5.13. The predicted octanol–water partition coefficient (Wildman–Crippen LogP) is 4.01. The standard InChI is InChI=1S/C22H27NO4/c1-25-17-7-4-6-16(14-17)9-12-22(24)23-13-5-8-20(23)19-15-18(26-2)10-11-21(19)27-3/h4,6-7,10-11,14-15,20H,5,8-9,12-13H2,1-3H3. The Morgan fingerprint density at radius 2 is 1.81 bits per heavy atom. The van der Waals surface area contributed by atoms with Crippen molar-refractivity contribution in [2.24, 2.45) is 0 Å². The molecule has 0 spiro atoms. The van der Waals surface area contributed by atoms with Gasteiger partial charge in [-0.05, 0) is 55.2 Å². The molecule has 0 radical (unpaired) electrons. The highest BCUT2D eigenvalue weighted by Gasteiger charge is 2.31. The fourth-order valence-corrected chi connectivity index (χ4v) is 3.71. The number of rotatable bonds is 7. The van der Waals surface area contributed by atoms with E-state index in [1.54, 1.807) is 21.3 Å². The molecule has 0 aliphatic carbocycles. The Morgan fingerprint density at radius 1 is 1.04 bits per heavy atom. The molecule has 1 fully saturated rings. The van der Waals surface area contributed by atoms with Gasteiger partial charge >= 0.3 is 0 Å². The SMILES string of the molecule is COc1cccc(CCC(=O)N2CCCC2c2cc(OC)ccc2OC)c1. The highest BCUT2D eigenvalue weighted by atomic mass is 16.5. The molecule has 5 heteroatoms. The summed E-state index contributed by atoms with van der Waals surface area (Å²) < 4.78 is 16.2. The lowest BCUT2D eigenvalue weighted by Crippen LogP contribution is -2.31. The van der Waals surface area contributed by atoms with Crippen LogP contribution < -0.4 is 14.2 Å². The number of carbonyl (C=O) groups is 1. The Labute approximate surface area is 160 Å². The van der Waals surface area contributed by atoms with Gasteiger partial charge in [-0.3, -0.25) is 4.79 Å². The molecule has 1 heterocycles. The Morgan fingerprint density at radius 3 is 2.56 bits per heavy atom. The zero-order valence-electron chi connectivity index (χ0n) is 16.2. The van der Waals surface area contributed by atoms with Gasteiger partial charge in [0.1, 0.15) is 17.2 Å². The maximum Gasteiger partial charge on any atom is 0.223 e. The van der Waals surface area contributed by atoms with Gasteiger partial charge in [0.25, 0.3) is 0 Å².